The number of benzene rings is 2. The van der Waals surface area contributed by atoms with Crippen LogP contribution in [0.5, 0.6) is 0 Å². The largest absolute Gasteiger partial charge is 0.461 e. The van der Waals surface area contributed by atoms with Gasteiger partial charge in [-0.1, -0.05) is 12.1 Å². The van der Waals surface area contributed by atoms with Gasteiger partial charge >= 0.3 is 11.9 Å². The molecule has 4 heterocycles. The molecule has 2 atom stereocenters. The summed E-state index contributed by atoms with van der Waals surface area (Å²) in [5, 5.41) is 0. The molecule has 4 amide bonds. The summed E-state index contributed by atoms with van der Waals surface area (Å²) < 4.78 is 20.0. The van der Waals surface area contributed by atoms with Crippen LogP contribution in [0.2, 0.25) is 0 Å². The predicted octanol–water partition coefficient (Wildman–Crippen LogP) is 0.430. The van der Waals surface area contributed by atoms with Gasteiger partial charge in [0.1, 0.15) is 38.5 Å². The van der Waals surface area contributed by atoms with Gasteiger partial charge in [-0.3, -0.25) is 38.6 Å². The second kappa shape index (κ2) is 9.15. The zero-order chi connectivity index (χ0) is 26.6. The van der Waals surface area contributed by atoms with Crippen molar-refractivity contribution in [3.8, 4) is 11.1 Å². The van der Waals surface area contributed by atoms with E-state index in [4.69, 9.17) is 18.9 Å². The van der Waals surface area contributed by atoms with Crippen LogP contribution < -0.4 is 0 Å². The Bertz CT molecular complexity index is 1320. The average molecular weight is 520 g/mol. The van der Waals surface area contributed by atoms with Gasteiger partial charge in [0.15, 0.2) is 0 Å². The first-order chi connectivity index (χ1) is 18.3. The number of epoxide rings is 2. The first-order valence-electron chi connectivity index (χ1n) is 11.9. The third kappa shape index (κ3) is 4.44. The second-order valence-electron chi connectivity index (χ2n) is 9.19. The Morgan fingerprint density at radius 1 is 0.658 bits per heavy atom. The number of rotatable bonds is 9. The minimum Gasteiger partial charge on any atom is -0.461 e. The molecule has 6 rings (SSSR count). The third-order valence-corrected chi connectivity index (χ3v) is 6.51. The molecule has 2 saturated heterocycles. The van der Waals surface area contributed by atoms with Crippen molar-refractivity contribution in [1.82, 2.24) is 9.80 Å². The zero-order valence-electron chi connectivity index (χ0n) is 19.8. The van der Waals surface area contributed by atoms with Crippen LogP contribution in [0, 0.1) is 0 Å². The minimum absolute atomic E-state index is 0.0692. The lowest BCUT2D eigenvalue weighted by molar-refractivity contribution is -0.145. The summed E-state index contributed by atoms with van der Waals surface area (Å²) in [6.07, 6.45) is -0.275. The number of nitrogens with zero attached hydrogens (tertiary/aromatic N) is 2. The van der Waals surface area contributed by atoms with Crippen molar-refractivity contribution >= 4 is 35.6 Å². The Morgan fingerprint density at radius 3 is 1.39 bits per heavy atom. The number of hydrogen-bond acceptors (Lipinski definition) is 10. The summed E-state index contributed by atoms with van der Waals surface area (Å²) in [5.74, 6) is -3.93. The van der Waals surface area contributed by atoms with Crippen LogP contribution in [0.3, 0.4) is 0 Å². The normalized spacial score (nSPS) is 20.9. The first kappa shape index (κ1) is 23.9. The molecule has 0 bridgehead atoms. The maximum atomic E-state index is 12.9. The quantitative estimate of drug-likeness (QED) is 0.258. The van der Waals surface area contributed by atoms with Gasteiger partial charge < -0.3 is 18.9 Å². The summed E-state index contributed by atoms with van der Waals surface area (Å²) in [5.41, 5.74) is 1.54. The zero-order valence-corrected chi connectivity index (χ0v) is 19.8. The van der Waals surface area contributed by atoms with Crippen molar-refractivity contribution < 1.29 is 47.7 Å². The van der Waals surface area contributed by atoms with Crippen LogP contribution in [0.25, 0.3) is 11.1 Å². The molecule has 0 aliphatic carbocycles. The number of carbonyl (C=O) groups excluding carboxylic acids is 6. The molecule has 2 aromatic carbocycles. The number of ether oxygens (including phenoxy) is 4. The maximum absolute atomic E-state index is 12.9. The van der Waals surface area contributed by atoms with Gasteiger partial charge in [-0.05, 0) is 35.4 Å². The highest BCUT2D eigenvalue weighted by molar-refractivity contribution is 6.24. The Labute approximate surface area is 215 Å². The summed E-state index contributed by atoms with van der Waals surface area (Å²) in [7, 11) is 0. The van der Waals surface area contributed by atoms with Crippen molar-refractivity contribution in [2.45, 2.75) is 12.2 Å². The molecule has 0 radical (unpaired) electrons. The van der Waals surface area contributed by atoms with Crippen molar-refractivity contribution in [3.63, 3.8) is 0 Å². The molecule has 0 N–H and O–H groups in total. The van der Waals surface area contributed by atoms with E-state index in [2.05, 4.69) is 0 Å². The van der Waals surface area contributed by atoms with E-state index in [0.29, 0.717) is 24.3 Å². The molecule has 2 aromatic rings. The van der Waals surface area contributed by atoms with E-state index < -0.39 is 48.7 Å². The fourth-order valence-corrected chi connectivity index (χ4v) is 4.28. The standard InChI is InChI=1S/C26H20N2O10/c29-21(37-11-15-9-35-15)7-27-23(31)17-3-1-13(5-19(17)25(27)33)14-2-4-18-20(6-14)26(34)28(24(18)32)8-22(30)38-12-16-10-36-16/h1-6,15-16H,7-12H2. The van der Waals surface area contributed by atoms with Crippen LogP contribution in [0.4, 0.5) is 0 Å². The molecule has 38 heavy (non-hydrogen) atoms. The fourth-order valence-electron chi connectivity index (χ4n) is 4.28. The Hall–Kier alpha value is -4.42. The molecule has 0 aromatic heterocycles. The monoisotopic (exact) mass is 520 g/mol. The minimum atomic E-state index is -0.716. The lowest BCUT2D eigenvalue weighted by Crippen LogP contribution is -2.36. The van der Waals surface area contributed by atoms with Crippen LogP contribution in [-0.2, 0) is 28.5 Å². The molecule has 4 aliphatic heterocycles. The van der Waals surface area contributed by atoms with Gasteiger partial charge in [0.05, 0.1) is 35.5 Å². The van der Waals surface area contributed by atoms with E-state index in [9.17, 15) is 28.8 Å². The van der Waals surface area contributed by atoms with E-state index in [1.807, 2.05) is 0 Å². The van der Waals surface area contributed by atoms with Gasteiger partial charge in [0.25, 0.3) is 23.6 Å². The molecule has 194 valence electrons. The second-order valence-corrected chi connectivity index (χ2v) is 9.19. The number of hydrogen-bond donors (Lipinski definition) is 0. The molecule has 2 unspecified atom stereocenters. The molecule has 12 heteroatoms. The predicted molar refractivity (Wildman–Crippen MR) is 124 cm³/mol. The van der Waals surface area contributed by atoms with Crippen LogP contribution in [0.1, 0.15) is 41.4 Å². The van der Waals surface area contributed by atoms with Gasteiger partial charge in [0, 0.05) is 0 Å². The van der Waals surface area contributed by atoms with Crippen LogP contribution in [0.15, 0.2) is 36.4 Å². The van der Waals surface area contributed by atoms with E-state index in [1.54, 1.807) is 12.1 Å². The Morgan fingerprint density at radius 2 is 1.03 bits per heavy atom. The van der Waals surface area contributed by atoms with E-state index in [-0.39, 0.29) is 47.7 Å². The highest BCUT2D eigenvalue weighted by Gasteiger charge is 2.39. The van der Waals surface area contributed by atoms with Crippen molar-refractivity contribution in [1.29, 1.82) is 0 Å². The number of amides is 4. The SMILES string of the molecule is O=C(CN1C(=O)c2ccc(-c3ccc4c(c3)C(=O)N(CC(=O)OCC3CO3)C4=O)cc2C1=O)OCC1CO1. The molecule has 0 saturated carbocycles. The smallest absolute Gasteiger partial charge is 0.326 e. The van der Waals surface area contributed by atoms with Crippen LogP contribution in [-0.4, -0.2) is 97.1 Å². The summed E-state index contributed by atoms with van der Waals surface area (Å²) >= 11 is 0. The number of imide groups is 2. The van der Waals surface area contributed by atoms with Crippen molar-refractivity contribution in [3.05, 3.63) is 58.7 Å². The molecule has 12 nitrogen and oxygen atoms in total. The van der Waals surface area contributed by atoms with Crippen molar-refractivity contribution in [2.75, 3.05) is 39.5 Å². The van der Waals surface area contributed by atoms with E-state index in [0.717, 1.165) is 9.80 Å². The number of carbonyl (C=O) groups is 6. The third-order valence-electron chi connectivity index (χ3n) is 6.51. The van der Waals surface area contributed by atoms with Crippen LogP contribution >= 0.6 is 0 Å². The Kier molecular flexibility index (Phi) is 5.77. The highest BCUT2D eigenvalue weighted by Crippen LogP contribution is 2.32. The molecular weight excluding hydrogens is 500 g/mol. The molecule has 0 spiro atoms. The molecular formula is C26H20N2O10. The Balaban J connectivity index is 1.18. The van der Waals surface area contributed by atoms with Gasteiger partial charge in [0.2, 0.25) is 0 Å². The molecule has 2 fully saturated rings. The van der Waals surface area contributed by atoms with E-state index >= 15 is 0 Å². The average Bonchev–Trinajstić information content (AvgIpc) is 3.85. The lowest BCUT2D eigenvalue weighted by Gasteiger charge is -2.12. The van der Waals surface area contributed by atoms with Gasteiger partial charge in [-0.2, -0.15) is 0 Å². The summed E-state index contributed by atoms with van der Waals surface area (Å²) in [6, 6.07) is 9.15. The number of esters is 2. The number of fused-ring (bicyclic) bond motifs is 2. The fraction of sp³-hybridized carbons (Fsp3) is 0.308. The summed E-state index contributed by atoms with van der Waals surface area (Å²) in [6.45, 7) is 0.115. The van der Waals surface area contributed by atoms with Gasteiger partial charge in [-0.15, -0.1) is 0 Å². The van der Waals surface area contributed by atoms with E-state index in [1.165, 1.54) is 24.3 Å². The maximum Gasteiger partial charge on any atom is 0.326 e. The molecule has 4 aliphatic rings. The lowest BCUT2D eigenvalue weighted by atomic mass is 9.97. The van der Waals surface area contributed by atoms with Gasteiger partial charge in [-0.25, -0.2) is 0 Å². The highest BCUT2D eigenvalue weighted by atomic mass is 16.6. The first-order valence-corrected chi connectivity index (χ1v) is 11.9. The summed E-state index contributed by atoms with van der Waals surface area (Å²) in [4.78, 5) is 77.1. The van der Waals surface area contributed by atoms with Crippen molar-refractivity contribution in [2.24, 2.45) is 0 Å². The topological polar surface area (TPSA) is 152 Å².